The zero-order chi connectivity index (χ0) is 17.7. The zero-order valence-electron chi connectivity index (χ0n) is 13.9. The highest BCUT2D eigenvalue weighted by molar-refractivity contribution is 5.54. The van der Waals surface area contributed by atoms with Crippen LogP contribution in [0, 0.1) is 11.6 Å². The van der Waals surface area contributed by atoms with E-state index in [1.165, 1.54) is 27.4 Å². The quantitative estimate of drug-likeness (QED) is 0.842. The van der Waals surface area contributed by atoms with E-state index in [1.54, 1.807) is 12.1 Å². The summed E-state index contributed by atoms with van der Waals surface area (Å²) in [6, 6.07) is 6.95. The Morgan fingerprint density at radius 2 is 1.58 bits per heavy atom. The van der Waals surface area contributed by atoms with Crippen molar-refractivity contribution in [2.75, 3.05) is 27.9 Å². The molecule has 0 radical (unpaired) electrons. The highest BCUT2D eigenvalue weighted by atomic mass is 19.1. The summed E-state index contributed by atoms with van der Waals surface area (Å²) in [5, 5.41) is 0. The first-order valence-corrected chi connectivity index (χ1v) is 7.47. The Morgan fingerprint density at radius 1 is 0.958 bits per heavy atom. The molecular weight excluding hydrogens is 316 g/mol. The molecule has 0 amide bonds. The number of nitrogens with two attached hydrogens (primary N) is 1. The number of halogens is 2. The number of rotatable bonds is 7. The molecule has 2 N–H and O–H groups in total. The summed E-state index contributed by atoms with van der Waals surface area (Å²) in [4.78, 5) is 0. The standard InChI is InChI=1S/C18H21F2NO3/c1-22-16-7-11(8-17(23-2)18(16)24-3)6-12(10-21)14-9-13(19)4-5-15(14)20/h4-5,7-9,12H,6,10,21H2,1-3H3. The Labute approximate surface area is 140 Å². The van der Waals surface area contributed by atoms with Crippen LogP contribution >= 0.6 is 0 Å². The third-order valence-electron chi connectivity index (χ3n) is 3.89. The lowest BCUT2D eigenvalue weighted by Gasteiger charge is -2.19. The van der Waals surface area contributed by atoms with Crippen LogP contribution in [0.2, 0.25) is 0 Å². The van der Waals surface area contributed by atoms with Crippen LogP contribution in [0.3, 0.4) is 0 Å². The van der Waals surface area contributed by atoms with Gasteiger partial charge < -0.3 is 19.9 Å². The van der Waals surface area contributed by atoms with Crippen LogP contribution in [-0.4, -0.2) is 27.9 Å². The molecule has 2 aromatic rings. The lowest BCUT2D eigenvalue weighted by atomic mass is 9.91. The Kier molecular flexibility index (Phi) is 5.98. The molecule has 0 saturated carbocycles. The van der Waals surface area contributed by atoms with E-state index >= 15 is 0 Å². The van der Waals surface area contributed by atoms with E-state index in [2.05, 4.69) is 0 Å². The minimum atomic E-state index is -0.491. The van der Waals surface area contributed by atoms with Gasteiger partial charge in [0.2, 0.25) is 5.75 Å². The van der Waals surface area contributed by atoms with Crippen LogP contribution in [0.15, 0.2) is 30.3 Å². The predicted molar refractivity (Wildman–Crippen MR) is 88.0 cm³/mol. The second-order valence-corrected chi connectivity index (χ2v) is 5.34. The second-order valence-electron chi connectivity index (χ2n) is 5.34. The molecule has 2 rings (SSSR count). The molecule has 0 bridgehead atoms. The summed E-state index contributed by atoms with van der Waals surface area (Å²) in [5.41, 5.74) is 6.87. The van der Waals surface area contributed by atoms with Crippen LogP contribution in [-0.2, 0) is 6.42 Å². The molecule has 1 atom stereocenters. The number of hydrogen-bond donors (Lipinski definition) is 1. The molecule has 4 nitrogen and oxygen atoms in total. The number of methoxy groups -OCH3 is 3. The zero-order valence-corrected chi connectivity index (χ0v) is 13.9. The van der Waals surface area contributed by atoms with Crippen LogP contribution in [0.1, 0.15) is 17.0 Å². The van der Waals surface area contributed by atoms with E-state index in [1.807, 2.05) is 0 Å². The fourth-order valence-corrected chi connectivity index (χ4v) is 2.69. The highest BCUT2D eigenvalue weighted by Gasteiger charge is 2.19. The summed E-state index contributed by atoms with van der Waals surface area (Å²) < 4.78 is 43.4. The predicted octanol–water partition coefficient (Wildman–Crippen LogP) is 3.28. The molecule has 6 heteroatoms. The Hall–Kier alpha value is -2.34. The van der Waals surface area contributed by atoms with Crippen molar-refractivity contribution in [3.8, 4) is 17.2 Å². The average Bonchev–Trinajstić information content (AvgIpc) is 2.60. The topological polar surface area (TPSA) is 53.7 Å². The normalized spacial score (nSPS) is 11.9. The minimum Gasteiger partial charge on any atom is -0.493 e. The maximum atomic E-state index is 14.0. The SMILES string of the molecule is COc1cc(CC(CN)c2cc(F)ccc2F)cc(OC)c1OC. The minimum absolute atomic E-state index is 0.178. The van der Waals surface area contributed by atoms with E-state index in [0.717, 1.165) is 17.7 Å². The van der Waals surface area contributed by atoms with Crippen molar-refractivity contribution < 1.29 is 23.0 Å². The molecule has 0 saturated heterocycles. The van der Waals surface area contributed by atoms with E-state index in [-0.39, 0.29) is 18.0 Å². The van der Waals surface area contributed by atoms with Crippen LogP contribution in [0.25, 0.3) is 0 Å². The summed E-state index contributed by atoms with van der Waals surface area (Å²) >= 11 is 0. The molecule has 0 heterocycles. The van der Waals surface area contributed by atoms with Gasteiger partial charge in [0.1, 0.15) is 11.6 Å². The van der Waals surface area contributed by atoms with Crippen LogP contribution < -0.4 is 19.9 Å². The monoisotopic (exact) mass is 337 g/mol. The summed E-state index contributed by atoms with van der Waals surface area (Å²) in [5.74, 6) is 0.146. The van der Waals surface area contributed by atoms with Gasteiger partial charge in [-0.05, 0) is 54.4 Å². The Morgan fingerprint density at radius 3 is 2.08 bits per heavy atom. The molecular formula is C18H21F2NO3. The van der Waals surface area contributed by atoms with Gasteiger partial charge in [-0.3, -0.25) is 0 Å². The van der Waals surface area contributed by atoms with Crippen molar-refractivity contribution in [2.24, 2.45) is 5.73 Å². The molecule has 0 fully saturated rings. The van der Waals surface area contributed by atoms with Gasteiger partial charge in [0.25, 0.3) is 0 Å². The highest BCUT2D eigenvalue weighted by Crippen LogP contribution is 2.39. The summed E-state index contributed by atoms with van der Waals surface area (Å²) in [6.45, 7) is 0.178. The lowest BCUT2D eigenvalue weighted by molar-refractivity contribution is 0.323. The maximum Gasteiger partial charge on any atom is 0.203 e. The van der Waals surface area contributed by atoms with Crippen molar-refractivity contribution in [3.63, 3.8) is 0 Å². The first-order chi connectivity index (χ1) is 11.5. The largest absolute Gasteiger partial charge is 0.493 e. The van der Waals surface area contributed by atoms with Gasteiger partial charge >= 0.3 is 0 Å². The molecule has 24 heavy (non-hydrogen) atoms. The third kappa shape index (κ3) is 3.76. The van der Waals surface area contributed by atoms with Crippen molar-refractivity contribution in [3.05, 3.63) is 53.1 Å². The molecule has 130 valence electrons. The average molecular weight is 337 g/mol. The fraction of sp³-hybridized carbons (Fsp3) is 0.333. The van der Waals surface area contributed by atoms with Crippen molar-refractivity contribution in [2.45, 2.75) is 12.3 Å². The van der Waals surface area contributed by atoms with Crippen molar-refractivity contribution in [1.82, 2.24) is 0 Å². The first-order valence-electron chi connectivity index (χ1n) is 7.47. The van der Waals surface area contributed by atoms with Crippen LogP contribution in [0.5, 0.6) is 17.2 Å². The molecule has 0 aliphatic rings. The lowest BCUT2D eigenvalue weighted by Crippen LogP contribution is -2.17. The van der Waals surface area contributed by atoms with Gasteiger partial charge in [0.05, 0.1) is 21.3 Å². The van der Waals surface area contributed by atoms with Gasteiger partial charge in [-0.1, -0.05) is 0 Å². The van der Waals surface area contributed by atoms with Gasteiger partial charge in [0.15, 0.2) is 11.5 Å². The smallest absolute Gasteiger partial charge is 0.203 e. The van der Waals surface area contributed by atoms with E-state index in [4.69, 9.17) is 19.9 Å². The third-order valence-corrected chi connectivity index (χ3v) is 3.89. The fourth-order valence-electron chi connectivity index (χ4n) is 2.69. The Bertz CT molecular complexity index is 682. The van der Waals surface area contributed by atoms with Gasteiger partial charge in [0, 0.05) is 5.92 Å². The molecule has 0 aromatic heterocycles. The molecule has 1 unspecified atom stereocenters. The number of ether oxygens (including phenoxy) is 3. The molecule has 2 aromatic carbocycles. The van der Waals surface area contributed by atoms with E-state index in [0.29, 0.717) is 23.7 Å². The second kappa shape index (κ2) is 7.97. The van der Waals surface area contributed by atoms with E-state index in [9.17, 15) is 8.78 Å². The van der Waals surface area contributed by atoms with E-state index < -0.39 is 11.6 Å². The van der Waals surface area contributed by atoms with Gasteiger partial charge in [-0.15, -0.1) is 0 Å². The summed E-state index contributed by atoms with van der Waals surface area (Å²) in [6.07, 6.45) is 0.410. The summed E-state index contributed by atoms with van der Waals surface area (Å²) in [7, 11) is 4.56. The first kappa shape index (κ1) is 18.0. The van der Waals surface area contributed by atoms with Crippen molar-refractivity contribution >= 4 is 0 Å². The van der Waals surface area contributed by atoms with Crippen molar-refractivity contribution in [1.29, 1.82) is 0 Å². The van der Waals surface area contributed by atoms with Gasteiger partial charge in [-0.2, -0.15) is 0 Å². The number of benzene rings is 2. The molecule has 0 aliphatic carbocycles. The molecule has 0 aliphatic heterocycles. The maximum absolute atomic E-state index is 14.0. The molecule has 0 spiro atoms. The number of hydrogen-bond acceptors (Lipinski definition) is 4. The Balaban J connectivity index is 2.39. The van der Waals surface area contributed by atoms with Gasteiger partial charge in [-0.25, -0.2) is 8.78 Å². The van der Waals surface area contributed by atoms with Crippen LogP contribution in [0.4, 0.5) is 8.78 Å².